The van der Waals surface area contributed by atoms with Gasteiger partial charge in [0.15, 0.2) is 0 Å². The molecule has 1 heterocycles. The number of hydrogen-bond acceptors (Lipinski definition) is 3. The molecular formula is C8H17N2O4. The first-order valence-corrected chi connectivity index (χ1v) is 4.40. The molecule has 0 unspecified atom stereocenters. The summed E-state index contributed by atoms with van der Waals surface area (Å²) < 4.78 is 0. The Kier molecular flexibility index (Phi) is 3.84. The topological polar surface area (TPSA) is 86.5 Å². The number of nitrogens with zero attached hydrogens (tertiary/aromatic N) is 2. The Morgan fingerprint density at radius 3 is 1.50 bits per heavy atom. The molecule has 1 aliphatic heterocycles. The molecule has 1 rings (SSSR count). The summed E-state index contributed by atoms with van der Waals surface area (Å²) in [6, 6.07) is 0. The van der Waals surface area contributed by atoms with E-state index in [0.29, 0.717) is 0 Å². The summed E-state index contributed by atoms with van der Waals surface area (Å²) in [7, 11) is 0. The van der Waals surface area contributed by atoms with Gasteiger partial charge in [-0.05, 0) is 40.5 Å². The highest BCUT2D eigenvalue weighted by molar-refractivity contribution is 4.95. The van der Waals surface area contributed by atoms with E-state index in [1.54, 1.807) is 0 Å². The highest BCUT2D eigenvalue weighted by Crippen LogP contribution is 2.38. The molecule has 1 saturated heterocycles. The first-order valence-electron chi connectivity index (χ1n) is 4.40. The molecule has 0 saturated carbocycles. The average Bonchev–Trinajstić information content (AvgIpc) is 2.14. The molecule has 6 nitrogen and oxygen atoms in total. The molecule has 0 amide bonds. The standard InChI is InChI=1S/C8H16NO.HNO3/c1-7(2)5-6-8(3,4)9(7)10;2-1(3)4/h5-6H2,1-4H3;(H,2,3,4). The average molecular weight is 205 g/mol. The summed E-state index contributed by atoms with van der Waals surface area (Å²) in [5, 5.41) is 26.3. The summed E-state index contributed by atoms with van der Waals surface area (Å²) >= 11 is 0. The van der Waals surface area contributed by atoms with Crippen molar-refractivity contribution in [2.75, 3.05) is 0 Å². The highest BCUT2D eigenvalue weighted by atomic mass is 16.9. The third kappa shape index (κ3) is 3.47. The van der Waals surface area contributed by atoms with E-state index < -0.39 is 5.09 Å². The van der Waals surface area contributed by atoms with E-state index in [1.807, 2.05) is 27.7 Å². The first-order chi connectivity index (χ1) is 6.09. The van der Waals surface area contributed by atoms with Crippen LogP contribution in [0.1, 0.15) is 40.5 Å². The van der Waals surface area contributed by atoms with Gasteiger partial charge in [0, 0.05) is 11.1 Å². The van der Waals surface area contributed by atoms with Crippen molar-refractivity contribution in [3.63, 3.8) is 0 Å². The molecule has 1 radical (unpaired) electrons. The fourth-order valence-corrected chi connectivity index (χ4v) is 1.63. The van der Waals surface area contributed by atoms with Crippen LogP contribution in [0.15, 0.2) is 0 Å². The molecule has 6 heteroatoms. The summed E-state index contributed by atoms with van der Waals surface area (Å²) in [6.07, 6.45) is 2.03. The second kappa shape index (κ2) is 4.10. The zero-order valence-corrected chi connectivity index (χ0v) is 8.98. The Morgan fingerprint density at radius 2 is 1.43 bits per heavy atom. The summed E-state index contributed by atoms with van der Waals surface area (Å²) in [5.41, 5.74) is -0.271. The molecule has 1 N–H and O–H groups in total. The van der Waals surface area contributed by atoms with Gasteiger partial charge in [0.05, 0.1) is 0 Å². The number of rotatable bonds is 0. The van der Waals surface area contributed by atoms with Crippen molar-refractivity contribution in [1.82, 2.24) is 5.06 Å². The minimum Gasteiger partial charge on any atom is -0.328 e. The third-order valence-corrected chi connectivity index (χ3v) is 2.45. The number of hydroxylamine groups is 2. The number of hydrogen-bond donors (Lipinski definition) is 1. The molecule has 0 aromatic rings. The van der Waals surface area contributed by atoms with Crippen LogP contribution >= 0.6 is 0 Å². The predicted octanol–water partition coefficient (Wildman–Crippen LogP) is 1.64. The van der Waals surface area contributed by atoms with Crippen LogP contribution in [0.2, 0.25) is 0 Å². The molecule has 0 bridgehead atoms. The monoisotopic (exact) mass is 205 g/mol. The Balaban J connectivity index is 0.000000364. The molecule has 83 valence electrons. The molecule has 14 heavy (non-hydrogen) atoms. The van der Waals surface area contributed by atoms with Gasteiger partial charge < -0.3 is 5.21 Å². The van der Waals surface area contributed by atoms with Crippen molar-refractivity contribution in [1.29, 1.82) is 0 Å². The van der Waals surface area contributed by atoms with Crippen LogP contribution in [0.3, 0.4) is 0 Å². The molecule has 0 aromatic carbocycles. The van der Waals surface area contributed by atoms with Crippen LogP contribution in [0.25, 0.3) is 0 Å². The zero-order chi connectivity index (χ0) is 11.6. The molecular weight excluding hydrogens is 188 g/mol. The smallest absolute Gasteiger partial charge is 0.291 e. The van der Waals surface area contributed by atoms with E-state index >= 15 is 0 Å². The van der Waals surface area contributed by atoms with Crippen LogP contribution in [0, 0.1) is 10.1 Å². The largest absolute Gasteiger partial charge is 0.328 e. The summed E-state index contributed by atoms with van der Waals surface area (Å²) in [5.74, 6) is 0. The molecule has 0 spiro atoms. The molecule has 0 atom stereocenters. The summed E-state index contributed by atoms with van der Waals surface area (Å²) in [6.45, 7) is 8.03. The van der Waals surface area contributed by atoms with Crippen molar-refractivity contribution in [3.05, 3.63) is 10.1 Å². The van der Waals surface area contributed by atoms with E-state index in [9.17, 15) is 5.21 Å². The second-order valence-corrected chi connectivity index (χ2v) is 4.66. The fraction of sp³-hybridized carbons (Fsp3) is 1.00. The van der Waals surface area contributed by atoms with E-state index in [1.165, 1.54) is 5.06 Å². The van der Waals surface area contributed by atoms with Gasteiger partial charge in [-0.3, -0.25) is 0 Å². The highest BCUT2D eigenvalue weighted by Gasteiger charge is 2.45. The van der Waals surface area contributed by atoms with Gasteiger partial charge in [-0.1, -0.05) is 0 Å². The molecule has 1 aliphatic rings. The maximum Gasteiger partial charge on any atom is 0.291 e. The van der Waals surface area contributed by atoms with Gasteiger partial charge in [-0.2, -0.15) is 0 Å². The van der Waals surface area contributed by atoms with Crippen molar-refractivity contribution in [2.24, 2.45) is 0 Å². The van der Waals surface area contributed by atoms with Crippen molar-refractivity contribution < 1.29 is 15.5 Å². The van der Waals surface area contributed by atoms with Gasteiger partial charge in [0.2, 0.25) is 0 Å². The molecule has 0 aliphatic carbocycles. The van der Waals surface area contributed by atoms with Crippen LogP contribution in [-0.4, -0.2) is 26.4 Å². The first kappa shape index (κ1) is 13.1. The Bertz CT molecular complexity index is 195. The quantitative estimate of drug-likeness (QED) is 0.481. The fourth-order valence-electron chi connectivity index (χ4n) is 1.63. The van der Waals surface area contributed by atoms with Crippen LogP contribution in [0.4, 0.5) is 0 Å². The van der Waals surface area contributed by atoms with Gasteiger partial charge in [-0.25, -0.2) is 0 Å². The Morgan fingerprint density at radius 1 is 1.21 bits per heavy atom. The van der Waals surface area contributed by atoms with Gasteiger partial charge in [0.25, 0.3) is 5.09 Å². The van der Waals surface area contributed by atoms with E-state index in [2.05, 4.69) is 0 Å². The van der Waals surface area contributed by atoms with Crippen LogP contribution < -0.4 is 0 Å². The second-order valence-electron chi connectivity index (χ2n) is 4.66. The van der Waals surface area contributed by atoms with Gasteiger partial charge in [-0.15, -0.1) is 20.4 Å². The zero-order valence-electron chi connectivity index (χ0n) is 8.98. The minimum absolute atomic E-state index is 0.135. The predicted molar refractivity (Wildman–Crippen MR) is 48.7 cm³/mol. The lowest BCUT2D eigenvalue weighted by molar-refractivity contribution is -0.742. The van der Waals surface area contributed by atoms with E-state index in [4.69, 9.17) is 15.3 Å². The minimum atomic E-state index is -1.50. The van der Waals surface area contributed by atoms with E-state index in [0.717, 1.165) is 12.8 Å². The SMILES string of the molecule is CC1(C)CCC(C)(C)N1[O].O=[N+]([O-])O. The maximum absolute atomic E-state index is 11.5. The van der Waals surface area contributed by atoms with E-state index in [-0.39, 0.29) is 11.1 Å². The lowest BCUT2D eigenvalue weighted by atomic mass is 10.0. The normalized spacial score (nSPS) is 23.8. The van der Waals surface area contributed by atoms with Crippen molar-refractivity contribution in [2.45, 2.75) is 51.6 Å². The van der Waals surface area contributed by atoms with Crippen LogP contribution in [-0.2, 0) is 5.21 Å². The lowest BCUT2D eigenvalue weighted by Crippen LogP contribution is -2.44. The Hall–Kier alpha value is -0.880. The van der Waals surface area contributed by atoms with Gasteiger partial charge >= 0.3 is 0 Å². The van der Waals surface area contributed by atoms with Crippen molar-refractivity contribution in [3.8, 4) is 0 Å². The van der Waals surface area contributed by atoms with Crippen molar-refractivity contribution >= 4 is 0 Å². The molecule has 1 fully saturated rings. The van der Waals surface area contributed by atoms with Gasteiger partial charge in [0.1, 0.15) is 0 Å². The lowest BCUT2D eigenvalue weighted by Gasteiger charge is -2.31. The Labute approximate surface area is 83.2 Å². The van der Waals surface area contributed by atoms with Crippen LogP contribution in [0.5, 0.6) is 0 Å². The third-order valence-electron chi connectivity index (χ3n) is 2.45. The maximum atomic E-state index is 11.5. The summed E-state index contributed by atoms with van der Waals surface area (Å²) in [4.78, 5) is 8.36. The molecule has 0 aromatic heterocycles.